The monoisotopic (exact) mass is 405 g/mol. The van der Waals surface area contributed by atoms with Gasteiger partial charge in [0.1, 0.15) is 15.5 Å². The molecule has 0 radical (unpaired) electrons. The van der Waals surface area contributed by atoms with Crippen LogP contribution in [-0.2, 0) is 22.5 Å². The molecule has 0 aromatic carbocycles. The lowest BCUT2D eigenvalue weighted by Gasteiger charge is -2.17. The van der Waals surface area contributed by atoms with Crippen molar-refractivity contribution in [3.63, 3.8) is 0 Å². The van der Waals surface area contributed by atoms with E-state index >= 15 is 0 Å². The van der Waals surface area contributed by atoms with Gasteiger partial charge in [-0.05, 0) is 38.2 Å². The molecule has 3 rings (SSSR count). The van der Waals surface area contributed by atoms with Crippen LogP contribution >= 0.6 is 11.3 Å². The van der Waals surface area contributed by atoms with Crippen LogP contribution in [0.5, 0.6) is 0 Å². The third-order valence-corrected chi connectivity index (χ3v) is 6.49. The zero-order chi connectivity index (χ0) is 20.4. The van der Waals surface area contributed by atoms with Crippen molar-refractivity contribution in [1.82, 2.24) is 14.9 Å². The maximum atomic E-state index is 12.9. The number of carbonyl (C=O) groups is 2. The van der Waals surface area contributed by atoms with Crippen molar-refractivity contribution in [3.05, 3.63) is 26.6 Å². The van der Waals surface area contributed by atoms with Gasteiger partial charge in [-0.3, -0.25) is 14.2 Å². The van der Waals surface area contributed by atoms with E-state index in [1.165, 1.54) is 11.3 Å². The second-order valence-electron chi connectivity index (χ2n) is 7.71. The van der Waals surface area contributed by atoms with Crippen molar-refractivity contribution in [2.75, 3.05) is 6.61 Å². The van der Waals surface area contributed by atoms with Gasteiger partial charge >= 0.3 is 5.97 Å². The smallest absolute Gasteiger partial charge is 0.349 e. The number of nitrogens with zero attached hydrogens (tertiary/aromatic N) is 2. The molecule has 0 unspecified atom stereocenters. The van der Waals surface area contributed by atoms with Gasteiger partial charge in [-0.1, -0.05) is 20.3 Å². The molecule has 2 aromatic rings. The van der Waals surface area contributed by atoms with Crippen molar-refractivity contribution in [2.45, 2.75) is 66.0 Å². The van der Waals surface area contributed by atoms with Crippen LogP contribution in [0.1, 0.15) is 61.1 Å². The third kappa shape index (κ3) is 4.11. The van der Waals surface area contributed by atoms with Gasteiger partial charge in [0.25, 0.3) is 11.5 Å². The molecule has 1 atom stereocenters. The molecule has 1 aliphatic heterocycles. The van der Waals surface area contributed by atoms with Crippen LogP contribution in [0, 0.1) is 12.8 Å². The molecule has 0 bridgehead atoms. The van der Waals surface area contributed by atoms with Gasteiger partial charge in [-0.15, -0.1) is 11.3 Å². The van der Waals surface area contributed by atoms with E-state index in [1.807, 2.05) is 20.8 Å². The molecule has 152 valence electrons. The molecule has 8 heteroatoms. The SMILES string of the molecule is Cc1c(C(=O)OCC(=O)N[C@@H](C)C(C)C)sc2nc3n(c(=O)c12)CCCCC3. The molecule has 0 aliphatic carbocycles. The summed E-state index contributed by atoms with van der Waals surface area (Å²) < 4.78 is 6.93. The van der Waals surface area contributed by atoms with Crippen molar-refractivity contribution >= 4 is 33.4 Å². The minimum Gasteiger partial charge on any atom is -0.451 e. The summed E-state index contributed by atoms with van der Waals surface area (Å²) in [5.41, 5.74) is 0.496. The summed E-state index contributed by atoms with van der Waals surface area (Å²) in [7, 11) is 0. The van der Waals surface area contributed by atoms with Crippen LogP contribution in [0.2, 0.25) is 0 Å². The first kappa shape index (κ1) is 20.5. The lowest BCUT2D eigenvalue weighted by Crippen LogP contribution is -2.38. The zero-order valence-corrected chi connectivity index (χ0v) is 17.6. The number of aromatic nitrogens is 2. The van der Waals surface area contributed by atoms with E-state index in [2.05, 4.69) is 10.3 Å². The fourth-order valence-corrected chi connectivity index (χ4v) is 4.35. The van der Waals surface area contributed by atoms with Gasteiger partial charge in [-0.25, -0.2) is 9.78 Å². The van der Waals surface area contributed by atoms with E-state index in [0.717, 1.165) is 31.5 Å². The maximum absolute atomic E-state index is 12.9. The predicted octanol–water partition coefficient (Wildman–Crippen LogP) is 2.81. The van der Waals surface area contributed by atoms with Crippen LogP contribution in [0.25, 0.3) is 10.2 Å². The van der Waals surface area contributed by atoms with Crippen molar-refractivity contribution < 1.29 is 14.3 Å². The Balaban J connectivity index is 1.81. The molecule has 3 heterocycles. The third-order valence-electron chi connectivity index (χ3n) is 5.32. The fourth-order valence-electron chi connectivity index (χ4n) is 3.26. The van der Waals surface area contributed by atoms with Gasteiger partial charge in [0.15, 0.2) is 6.61 Å². The highest BCUT2D eigenvalue weighted by Gasteiger charge is 2.23. The summed E-state index contributed by atoms with van der Waals surface area (Å²) in [4.78, 5) is 43.0. The Bertz CT molecular complexity index is 960. The molecule has 0 saturated carbocycles. The number of amides is 1. The first-order chi connectivity index (χ1) is 13.3. The van der Waals surface area contributed by atoms with E-state index in [0.29, 0.717) is 33.1 Å². The zero-order valence-electron chi connectivity index (χ0n) is 16.8. The molecule has 7 nitrogen and oxygen atoms in total. The summed E-state index contributed by atoms with van der Waals surface area (Å²) in [6.45, 7) is 7.98. The number of hydrogen-bond acceptors (Lipinski definition) is 6. The van der Waals surface area contributed by atoms with Crippen LogP contribution in [0.4, 0.5) is 0 Å². The summed E-state index contributed by atoms with van der Waals surface area (Å²) >= 11 is 1.17. The minimum atomic E-state index is -0.590. The van der Waals surface area contributed by atoms with Crippen molar-refractivity contribution in [1.29, 1.82) is 0 Å². The second kappa shape index (κ2) is 8.43. The molecular formula is C20H27N3O4S. The largest absolute Gasteiger partial charge is 0.451 e. The Morgan fingerprint density at radius 3 is 2.71 bits per heavy atom. The first-order valence-electron chi connectivity index (χ1n) is 9.79. The highest BCUT2D eigenvalue weighted by molar-refractivity contribution is 7.20. The number of hydrogen-bond donors (Lipinski definition) is 1. The molecule has 1 N–H and O–H groups in total. The number of rotatable bonds is 5. The van der Waals surface area contributed by atoms with Crippen molar-refractivity contribution in [3.8, 4) is 0 Å². The normalized spacial score (nSPS) is 15.2. The first-order valence-corrected chi connectivity index (χ1v) is 10.6. The highest BCUT2D eigenvalue weighted by atomic mass is 32.1. The molecular weight excluding hydrogens is 378 g/mol. The average Bonchev–Trinajstić information content (AvgIpc) is 2.81. The summed E-state index contributed by atoms with van der Waals surface area (Å²) in [6, 6.07) is -0.00286. The molecule has 1 amide bonds. The lowest BCUT2D eigenvalue weighted by atomic mass is 10.1. The number of ether oxygens (including phenoxy) is 1. The van der Waals surface area contributed by atoms with E-state index in [4.69, 9.17) is 4.74 Å². The molecule has 28 heavy (non-hydrogen) atoms. The summed E-state index contributed by atoms with van der Waals surface area (Å²) in [5.74, 6) is 0.155. The van der Waals surface area contributed by atoms with Crippen LogP contribution < -0.4 is 10.9 Å². The number of thiophene rings is 1. The Morgan fingerprint density at radius 2 is 2.00 bits per heavy atom. The molecule has 0 saturated heterocycles. The van der Waals surface area contributed by atoms with Gasteiger partial charge in [0.05, 0.1) is 5.39 Å². The average molecular weight is 406 g/mol. The van der Waals surface area contributed by atoms with Gasteiger partial charge in [0.2, 0.25) is 0 Å². The van der Waals surface area contributed by atoms with Crippen LogP contribution in [0.15, 0.2) is 4.79 Å². The van der Waals surface area contributed by atoms with Gasteiger partial charge < -0.3 is 10.1 Å². The summed E-state index contributed by atoms with van der Waals surface area (Å²) in [5, 5.41) is 3.29. The topological polar surface area (TPSA) is 90.3 Å². The lowest BCUT2D eigenvalue weighted by molar-refractivity contribution is -0.125. The van der Waals surface area contributed by atoms with Gasteiger partial charge in [-0.2, -0.15) is 0 Å². The number of nitrogens with one attached hydrogen (secondary N) is 1. The van der Waals surface area contributed by atoms with E-state index in [9.17, 15) is 14.4 Å². The molecule has 1 aliphatic rings. The molecule has 0 spiro atoms. The Hall–Kier alpha value is -2.22. The van der Waals surface area contributed by atoms with E-state index in [-0.39, 0.29) is 24.1 Å². The van der Waals surface area contributed by atoms with Crippen LogP contribution in [0.3, 0.4) is 0 Å². The van der Waals surface area contributed by atoms with Crippen LogP contribution in [-0.4, -0.2) is 34.1 Å². The Kier molecular flexibility index (Phi) is 6.17. The predicted molar refractivity (Wildman–Crippen MR) is 109 cm³/mol. The number of esters is 1. The van der Waals surface area contributed by atoms with E-state index < -0.39 is 5.97 Å². The quantitative estimate of drug-likeness (QED) is 0.773. The van der Waals surface area contributed by atoms with Crippen molar-refractivity contribution in [2.24, 2.45) is 5.92 Å². The number of aryl methyl sites for hydroxylation is 2. The maximum Gasteiger partial charge on any atom is 0.349 e. The fraction of sp³-hybridized carbons (Fsp3) is 0.600. The number of carbonyl (C=O) groups excluding carboxylic acids is 2. The minimum absolute atomic E-state index is 0.00286. The Morgan fingerprint density at radius 1 is 1.25 bits per heavy atom. The standard InChI is InChI=1S/C20H27N3O4S/c1-11(2)13(4)21-15(24)10-27-20(26)17-12(3)16-18(28-17)22-14-8-6-5-7-9-23(14)19(16)25/h11,13H,5-10H2,1-4H3,(H,21,24)/t13-/m0/s1. The van der Waals surface area contributed by atoms with E-state index in [1.54, 1.807) is 11.5 Å². The van der Waals surface area contributed by atoms with Gasteiger partial charge in [0, 0.05) is 19.0 Å². The second-order valence-corrected chi connectivity index (χ2v) is 8.71. The highest BCUT2D eigenvalue weighted by Crippen LogP contribution is 2.29. The summed E-state index contributed by atoms with van der Waals surface area (Å²) in [6.07, 6.45) is 3.84. The number of fused-ring (bicyclic) bond motifs is 2. The molecule has 0 fully saturated rings. The molecule has 2 aromatic heterocycles. The Labute approximate surface area is 168 Å².